The van der Waals surface area contributed by atoms with Crippen molar-refractivity contribution in [3.63, 3.8) is 0 Å². The van der Waals surface area contributed by atoms with Crippen molar-refractivity contribution in [2.45, 2.75) is 31.2 Å². The molecule has 19 heavy (non-hydrogen) atoms. The molecule has 5 heteroatoms. The minimum atomic E-state index is -0.231. The minimum Gasteiger partial charge on any atom is -0.345 e. The van der Waals surface area contributed by atoms with E-state index in [0.29, 0.717) is 17.7 Å². The predicted octanol–water partition coefficient (Wildman–Crippen LogP) is 1.98. The van der Waals surface area contributed by atoms with Gasteiger partial charge in [0.1, 0.15) is 0 Å². The van der Waals surface area contributed by atoms with E-state index in [2.05, 4.69) is 5.32 Å². The van der Waals surface area contributed by atoms with Crippen LogP contribution in [0.25, 0.3) is 0 Å². The third kappa shape index (κ3) is 3.46. The SMILES string of the molecule is Cl.N#Cc1ccc(C(=O)NC2(CN)CCCC2)cc1. The maximum atomic E-state index is 12.1. The third-order valence-corrected chi connectivity index (χ3v) is 3.61. The van der Waals surface area contributed by atoms with E-state index >= 15 is 0 Å². The summed E-state index contributed by atoms with van der Waals surface area (Å²) in [6.07, 6.45) is 4.13. The molecule has 0 radical (unpaired) electrons. The summed E-state index contributed by atoms with van der Waals surface area (Å²) in [5.74, 6) is -0.105. The molecule has 0 aromatic heterocycles. The average molecular weight is 280 g/mol. The molecule has 0 atom stereocenters. The Morgan fingerprint density at radius 2 is 1.89 bits per heavy atom. The van der Waals surface area contributed by atoms with Gasteiger partial charge < -0.3 is 11.1 Å². The molecule has 0 unspecified atom stereocenters. The number of nitrogens with one attached hydrogen (secondary N) is 1. The Labute approximate surface area is 119 Å². The second-order valence-electron chi connectivity index (χ2n) is 4.83. The number of rotatable bonds is 3. The fourth-order valence-corrected chi connectivity index (χ4v) is 2.44. The van der Waals surface area contributed by atoms with Crippen molar-refractivity contribution in [3.8, 4) is 6.07 Å². The minimum absolute atomic E-state index is 0. The van der Waals surface area contributed by atoms with Crippen LogP contribution >= 0.6 is 12.4 Å². The number of nitriles is 1. The highest BCUT2D eigenvalue weighted by Crippen LogP contribution is 2.28. The van der Waals surface area contributed by atoms with Crippen LogP contribution in [0.15, 0.2) is 24.3 Å². The molecule has 1 fully saturated rings. The van der Waals surface area contributed by atoms with Crippen LogP contribution in [-0.2, 0) is 0 Å². The number of hydrogen-bond donors (Lipinski definition) is 2. The highest BCUT2D eigenvalue weighted by Gasteiger charge is 2.33. The lowest BCUT2D eigenvalue weighted by molar-refractivity contribution is 0.0903. The lowest BCUT2D eigenvalue weighted by Crippen LogP contribution is -2.51. The van der Waals surface area contributed by atoms with Crippen LogP contribution in [0, 0.1) is 11.3 Å². The Balaban J connectivity index is 0.00000180. The molecule has 0 aliphatic heterocycles. The van der Waals surface area contributed by atoms with Gasteiger partial charge in [0.2, 0.25) is 0 Å². The summed E-state index contributed by atoms with van der Waals surface area (Å²) in [4.78, 5) is 12.1. The standard InChI is InChI=1S/C14H17N3O.ClH/c15-9-11-3-5-12(6-4-11)13(18)17-14(10-16)7-1-2-8-14;/h3-6H,1-2,7-8,10,16H2,(H,17,18);1H. The number of carbonyl (C=O) groups is 1. The summed E-state index contributed by atoms with van der Waals surface area (Å²) in [7, 11) is 0. The number of nitrogens with two attached hydrogens (primary N) is 1. The number of nitrogens with zero attached hydrogens (tertiary/aromatic N) is 1. The van der Waals surface area contributed by atoms with E-state index in [1.54, 1.807) is 24.3 Å². The zero-order valence-corrected chi connectivity index (χ0v) is 11.5. The van der Waals surface area contributed by atoms with E-state index in [0.717, 1.165) is 25.7 Å². The molecule has 0 spiro atoms. The lowest BCUT2D eigenvalue weighted by atomic mass is 9.97. The highest BCUT2D eigenvalue weighted by atomic mass is 35.5. The maximum absolute atomic E-state index is 12.1. The first kappa shape index (κ1) is 15.5. The molecule has 0 heterocycles. The summed E-state index contributed by atoms with van der Waals surface area (Å²) in [6.45, 7) is 0.481. The van der Waals surface area contributed by atoms with E-state index in [-0.39, 0.29) is 23.9 Å². The number of hydrogen-bond acceptors (Lipinski definition) is 3. The monoisotopic (exact) mass is 279 g/mol. The van der Waals surface area contributed by atoms with Crippen molar-refractivity contribution >= 4 is 18.3 Å². The molecule has 102 valence electrons. The first-order valence-electron chi connectivity index (χ1n) is 6.22. The molecule has 0 bridgehead atoms. The van der Waals surface area contributed by atoms with Gasteiger partial charge in [0.25, 0.3) is 5.91 Å². The van der Waals surface area contributed by atoms with Gasteiger partial charge >= 0.3 is 0 Å². The summed E-state index contributed by atoms with van der Waals surface area (Å²) in [5.41, 5.74) is 6.69. The van der Waals surface area contributed by atoms with E-state index in [1.165, 1.54) is 0 Å². The van der Waals surface area contributed by atoms with Gasteiger partial charge in [-0.05, 0) is 37.1 Å². The van der Waals surface area contributed by atoms with Crippen LogP contribution in [0.4, 0.5) is 0 Å². The van der Waals surface area contributed by atoms with Crippen LogP contribution in [0.2, 0.25) is 0 Å². The Morgan fingerprint density at radius 3 is 2.37 bits per heavy atom. The Kier molecular flexibility index (Phi) is 5.34. The van der Waals surface area contributed by atoms with Crippen molar-refractivity contribution in [2.24, 2.45) is 5.73 Å². The van der Waals surface area contributed by atoms with E-state index < -0.39 is 0 Å². The molecule has 1 aromatic carbocycles. The molecule has 2 rings (SSSR count). The molecule has 0 saturated heterocycles. The summed E-state index contributed by atoms with van der Waals surface area (Å²) >= 11 is 0. The topological polar surface area (TPSA) is 78.9 Å². The largest absolute Gasteiger partial charge is 0.345 e. The van der Waals surface area contributed by atoms with Crippen LogP contribution in [0.5, 0.6) is 0 Å². The number of halogens is 1. The molecule has 1 aliphatic rings. The van der Waals surface area contributed by atoms with Crippen LogP contribution in [0.1, 0.15) is 41.6 Å². The fraction of sp³-hybridized carbons (Fsp3) is 0.429. The quantitative estimate of drug-likeness (QED) is 0.888. The Morgan fingerprint density at radius 1 is 1.32 bits per heavy atom. The third-order valence-electron chi connectivity index (χ3n) is 3.61. The Bertz CT molecular complexity index is 472. The second-order valence-corrected chi connectivity index (χ2v) is 4.83. The van der Waals surface area contributed by atoms with Gasteiger partial charge in [-0.2, -0.15) is 5.26 Å². The van der Waals surface area contributed by atoms with Crippen molar-refractivity contribution < 1.29 is 4.79 Å². The van der Waals surface area contributed by atoms with E-state index in [1.807, 2.05) is 6.07 Å². The van der Waals surface area contributed by atoms with Gasteiger partial charge in [-0.3, -0.25) is 4.79 Å². The molecule has 3 N–H and O–H groups in total. The summed E-state index contributed by atoms with van der Waals surface area (Å²) < 4.78 is 0. The second kappa shape index (κ2) is 6.55. The average Bonchev–Trinajstić information content (AvgIpc) is 2.88. The van der Waals surface area contributed by atoms with Gasteiger partial charge in [-0.1, -0.05) is 12.8 Å². The molecule has 1 saturated carbocycles. The van der Waals surface area contributed by atoms with Gasteiger partial charge in [-0.25, -0.2) is 0 Å². The fourth-order valence-electron chi connectivity index (χ4n) is 2.44. The van der Waals surface area contributed by atoms with Crippen LogP contribution in [0.3, 0.4) is 0 Å². The van der Waals surface area contributed by atoms with Gasteiger partial charge in [0.05, 0.1) is 17.2 Å². The smallest absolute Gasteiger partial charge is 0.251 e. The first-order valence-corrected chi connectivity index (χ1v) is 6.22. The molecule has 1 aromatic rings. The van der Waals surface area contributed by atoms with Gasteiger partial charge in [-0.15, -0.1) is 12.4 Å². The lowest BCUT2D eigenvalue weighted by Gasteiger charge is -2.28. The number of carbonyl (C=O) groups excluding carboxylic acids is 1. The van der Waals surface area contributed by atoms with Crippen LogP contribution < -0.4 is 11.1 Å². The van der Waals surface area contributed by atoms with Crippen LogP contribution in [-0.4, -0.2) is 18.0 Å². The molecule has 1 aliphatic carbocycles. The first-order chi connectivity index (χ1) is 8.69. The van der Waals surface area contributed by atoms with Gasteiger partial charge in [0, 0.05) is 12.1 Å². The van der Waals surface area contributed by atoms with E-state index in [4.69, 9.17) is 11.0 Å². The van der Waals surface area contributed by atoms with Crippen molar-refractivity contribution in [2.75, 3.05) is 6.54 Å². The molecule has 1 amide bonds. The molecular weight excluding hydrogens is 262 g/mol. The van der Waals surface area contributed by atoms with Crippen molar-refractivity contribution in [1.29, 1.82) is 5.26 Å². The zero-order valence-electron chi connectivity index (χ0n) is 10.7. The van der Waals surface area contributed by atoms with Gasteiger partial charge in [0.15, 0.2) is 0 Å². The molecule has 4 nitrogen and oxygen atoms in total. The maximum Gasteiger partial charge on any atom is 0.251 e. The summed E-state index contributed by atoms with van der Waals surface area (Å²) in [5, 5.41) is 11.8. The number of amides is 1. The van der Waals surface area contributed by atoms with E-state index in [9.17, 15) is 4.79 Å². The zero-order chi connectivity index (χ0) is 13.0. The number of benzene rings is 1. The van der Waals surface area contributed by atoms with Crippen molar-refractivity contribution in [3.05, 3.63) is 35.4 Å². The molecular formula is C14H18ClN3O. The highest BCUT2D eigenvalue weighted by molar-refractivity contribution is 5.94. The van der Waals surface area contributed by atoms with Crippen molar-refractivity contribution in [1.82, 2.24) is 5.32 Å². The normalized spacial score (nSPS) is 16.2. The predicted molar refractivity (Wildman–Crippen MR) is 76.1 cm³/mol. The summed E-state index contributed by atoms with van der Waals surface area (Å²) in [6, 6.07) is 8.68. The Hall–Kier alpha value is -1.57.